The van der Waals surface area contributed by atoms with Gasteiger partial charge in [-0.15, -0.1) is 0 Å². The van der Waals surface area contributed by atoms with Gasteiger partial charge in [0.05, 0.1) is 34.8 Å². The van der Waals surface area contributed by atoms with Gasteiger partial charge in [-0.2, -0.15) is 5.10 Å². The van der Waals surface area contributed by atoms with Crippen molar-refractivity contribution in [3.8, 4) is 5.69 Å². The lowest BCUT2D eigenvalue weighted by molar-refractivity contribution is 0.405. The number of para-hydroxylation sites is 1. The summed E-state index contributed by atoms with van der Waals surface area (Å²) in [6, 6.07) is 14.7. The van der Waals surface area contributed by atoms with Gasteiger partial charge in [-0.3, -0.25) is 4.72 Å². The summed E-state index contributed by atoms with van der Waals surface area (Å²) in [6.45, 7) is 0. The zero-order valence-electron chi connectivity index (χ0n) is 15.0. The van der Waals surface area contributed by atoms with Gasteiger partial charge in [0.15, 0.2) is 0 Å². The summed E-state index contributed by atoms with van der Waals surface area (Å²) in [7, 11) is -3.74. The monoisotopic (exact) mass is 393 g/mol. The predicted octanol–water partition coefficient (Wildman–Crippen LogP) is 3.82. The molecule has 2 heterocycles. The molecule has 0 radical (unpaired) electrons. The van der Waals surface area contributed by atoms with E-state index >= 15 is 0 Å². The second-order valence-electron chi connectivity index (χ2n) is 7.04. The molecule has 2 N–H and O–H groups in total. The molecule has 1 aliphatic carbocycles. The highest BCUT2D eigenvalue weighted by atomic mass is 32.2. The fraction of sp³-hybridized carbons (Fsp3) is 0.200. The van der Waals surface area contributed by atoms with E-state index in [9.17, 15) is 8.42 Å². The van der Waals surface area contributed by atoms with Gasteiger partial charge in [-0.05, 0) is 43.2 Å². The fourth-order valence-electron chi connectivity index (χ4n) is 3.35. The molecule has 0 spiro atoms. The van der Waals surface area contributed by atoms with Crippen molar-refractivity contribution in [2.24, 2.45) is 0 Å². The largest absolute Gasteiger partial charge is 0.342 e. The third-order valence-electron chi connectivity index (χ3n) is 5.13. The van der Waals surface area contributed by atoms with Crippen molar-refractivity contribution in [2.75, 3.05) is 4.72 Å². The molecule has 1 saturated carbocycles. The van der Waals surface area contributed by atoms with E-state index in [-0.39, 0.29) is 4.90 Å². The first-order valence-electron chi connectivity index (χ1n) is 9.21. The third-order valence-corrected chi connectivity index (χ3v) is 6.47. The van der Waals surface area contributed by atoms with E-state index < -0.39 is 10.0 Å². The van der Waals surface area contributed by atoms with Crippen LogP contribution >= 0.6 is 0 Å². The summed E-state index contributed by atoms with van der Waals surface area (Å²) in [5, 5.41) is 4.16. The number of hydrogen-bond donors (Lipinski definition) is 2. The number of benzene rings is 2. The summed E-state index contributed by atoms with van der Waals surface area (Å²) in [6.07, 6.45) is 6.40. The van der Waals surface area contributed by atoms with Crippen LogP contribution in [0.4, 0.5) is 5.69 Å². The van der Waals surface area contributed by atoms with Gasteiger partial charge in [0, 0.05) is 5.92 Å². The highest BCUT2D eigenvalue weighted by Gasteiger charge is 2.23. The molecule has 0 atom stereocenters. The predicted molar refractivity (Wildman–Crippen MR) is 107 cm³/mol. The quantitative estimate of drug-likeness (QED) is 0.539. The number of nitrogens with one attached hydrogen (secondary N) is 2. The van der Waals surface area contributed by atoms with E-state index in [1.54, 1.807) is 12.1 Å². The van der Waals surface area contributed by atoms with Gasteiger partial charge >= 0.3 is 0 Å². The zero-order chi connectivity index (χ0) is 19.1. The lowest BCUT2D eigenvalue weighted by atomic mass is 9.85. The average Bonchev–Trinajstić information content (AvgIpc) is 3.28. The molecule has 1 aliphatic rings. The first-order chi connectivity index (χ1) is 13.6. The Labute approximate surface area is 162 Å². The molecule has 5 rings (SSSR count). The van der Waals surface area contributed by atoms with E-state index in [0.29, 0.717) is 11.6 Å². The maximum Gasteiger partial charge on any atom is 0.265 e. The maximum absolute atomic E-state index is 12.8. The number of fused-ring (bicyclic) bond motifs is 1. The number of aromatic nitrogens is 4. The number of rotatable bonds is 5. The lowest BCUT2D eigenvalue weighted by Gasteiger charge is -2.22. The minimum absolute atomic E-state index is 0.108. The number of H-pyrrole nitrogens is 1. The fourth-order valence-corrected chi connectivity index (χ4v) is 4.33. The highest BCUT2D eigenvalue weighted by molar-refractivity contribution is 7.92. The Morgan fingerprint density at radius 1 is 1.11 bits per heavy atom. The Morgan fingerprint density at radius 2 is 1.93 bits per heavy atom. The Bertz CT molecular complexity index is 1240. The number of sulfonamides is 1. The van der Waals surface area contributed by atoms with Crippen LogP contribution in [0.2, 0.25) is 0 Å². The van der Waals surface area contributed by atoms with Crippen molar-refractivity contribution < 1.29 is 8.42 Å². The van der Waals surface area contributed by atoms with E-state index in [1.165, 1.54) is 23.5 Å². The molecule has 2 aromatic carbocycles. The summed E-state index contributed by atoms with van der Waals surface area (Å²) in [4.78, 5) is 8.06. The van der Waals surface area contributed by atoms with Gasteiger partial charge in [0.2, 0.25) is 0 Å². The van der Waals surface area contributed by atoms with E-state index in [0.717, 1.165) is 35.4 Å². The van der Waals surface area contributed by atoms with Crippen LogP contribution in [0.25, 0.3) is 16.7 Å². The lowest BCUT2D eigenvalue weighted by Crippen LogP contribution is -2.12. The Morgan fingerprint density at radius 3 is 2.68 bits per heavy atom. The average molecular weight is 393 g/mol. The Balaban J connectivity index is 1.41. The number of anilines is 1. The standard InChI is InChI=1S/C20H19N5O2S/c26-28(27,17-12-21-25(13-17)16-7-2-1-3-8-16)24-15-9-10-18-19(11-15)23-20(22-18)14-5-4-6-14/h1-3,7-14,24H,4-6H2,(H,22,23). The molecule has 2 aromatic heterocycles. The molecule has 0 bridgehead atoms. The van der Waals surface area contributed by atoms with Crippen molar-refractivity contribution in [1.29, 1.82) is 0 Å². The van der Waals surface area contributed by atoms with Crippen LogP contribution in [0.5, 0.6) is 0 Å². The Hall–Kier alpha value is -3.13. The van der Waals surface area contributed by atoms with E-state index in [4.69, 9.17) is 0 Å². The number of imidazole rings is 1. The van der Waals surface area contributed by atoms with E-state index in [1.807, 2.05) is 36.4 Å². The molecule has 8 heteroatoms. The number of nitrogens with zero attached hydrogens (tertiary/aromatic N) is 3. The van der Waals surface area contributed by atoms with Gasteiger partial charge in [-0.25, -0.2) is 18.1 Å². The molecule has 142 valence electrons. The minimum Gasteiger partial charge on any atom is -0.342 e. The van der Waals surface area contributed by atoms with Crippen LogP contribution in [0.3, 0.4) is 0 Å². The molecule has 1 fully saturated rings. The van der Waals surface area contributed by atoms with E-state index in [2.05, 4.69) is 19.8 Å². The highest BCUT2D eigenvalue weighted by Crippen LogP contribution is 2.35. The SMILES string of the molecule is O=S(=O)(Nc1ccc2nc(C3CCC3)[nH]c2c1)c1cnn(-c2ccccc2)c1. The Kier molecular flexibility index (Phi) is 3.94. The normalized spacial score (nSPS) is 14.9. The van der Waals surface area contributed by atoms with Crippen molar-refractivity contribution in [3.63, 3.8) is 0 Å². The molecule has 4 aromatic rings. The van der Waals surface area contributed by atoms with Crippen LogP contribution in [0, 0.1) is 0 Å². The van der Waals surface area contributed by atoms with Gasteiger partial charge < -0.3 is 4.98 Å². The van der Waals surface area contributed by atoms with Crippen molar-refractivity contribution in [2.45, 2.75) is 30.1 Å². The third kappa shape index (κ3) is 3.05. The molecule has 0 saturated heterocycles. The number of hydrogen-bond acceptors (Lipinski definition) is 4. The van der Waals surface area contributed by atoms with Crippen molar-refractivity contribution in [1.82, 2.24) is 19.7 Å². The van der Waals surface area contributed by atoms with Crippen LogP contribution in [0.15, 0.2) is 65.8 Å². The first-order valence-corrected chi connectivity index (χ1v) is 10.7. The van der Waals surface area contributed by atoms with Crippen molar-refractivity contribution >= 4 is 26.7 Å². The maximum atomic E-state index is 12.8. The molecular formula is C20H19N5O2S. The topological polar surface area (TPSA) is 92.7 Å². The summed E-state index contributed by atoms with van der Waals surface area (Å²) in [5.41, 5.74) is 2.97. The summed E-state index contributed by atoms with van der Waals surface area (Å²) >= 11 is 0. The summed E-state index contributed by atoms with van der Waals surface area (Å²) < 4.78 is 29.7. The first kappa shape index (κ1) is 17.0. The molecule has 7 nitrogen and oxygen atoms in total. The zero-order valence-corrected chi connectivity index (χ0v) is 15.9. The van der Waals surface area contributed by atoms with Gasteiger partial charge in [0.25, 0.3) is 10.0 Å². The second kappa shape index (κ2) is 6.49. The summed E-state index contributed by atoms with van der Waals surface area (Å²) in [5.74, 6) is 1.49. The van der Waals surface area contributed by atoms with Crippen LogP contribution in [-0.4, -0.2) is 28.2 Å². The second-order valence-corrected chi connectivity index (χ2v) is 8.73. The van der Waals surface area contributed by atoms with Crippen LogP contribution in [0.1, 0.15) is 31.0 Å². The molecular weight excluding hydrogens is 374 g/mol. The van der Waals surface area contributed by atoms with Crippen LogP contribution < -0.4 is 4.72 Å². The molecule has 28 heavy (non-hydrogen) atoms. The smallest absolute Gasteiger partial charge is 0.265 e. The number of aromatic amines is 1. The van der Waals surface area contributed by atoms with Gasteiger partial charge in [-0.1, -0.05) is 24.6 Å². The van der Waals surface area contributed by atoms with Crippen molar-refractivity contribution in [3.05, 3.63) is 66.7 Å². The van der Waals surface area contributed by atoms with Crippen LogP contribution in [-0.2, 0) is 10.0 Å². The molecule has 0 amide bonds. The molecule has 0 aliphatic heterocycles. The minimum atomic E-state index is -3.74. The molecule has 0 unspecified atom stereocenters. The van der Waals surface area contributed by atoms with Gasteiger partial charge in [0.1, 0.15) is 10.7 Å².